The van der Waals surface area contributed by atoms with Gasteiger partial charge in [0, 0.05) is 25.2 Å². The van der Waals surface area contributed by atoms with Crippen molar-refractivity contribution in [3.63, 3.8) is 0 Å². The van der Waals surface area contributed by atoms with Gasteiger partial charge in [0.25, 0.3) is 0 Å². The highest BCUT2D eigenvalue weighted by Gasteiger charge is 2.34. The molecule has 1 N–H and O–H groups in total. The van der Waals surface area contributed by atoms with Gasteiger partial charge in [0.05, 0.1) is 0 Å². The van der Waals surface area contributed by atoms with Gasteiger partial charge < -0.3 is 5.32 Å². The van der Waals surface area contributed by atoms with Gasteiger partial charge in [-0.15, -0.1) is 0 Å². The second-order valence-electron chi connectivity index (χ2n) is 6.28. The molecule has 3 nitrogen and oxygen atoms in total. The minimum absolute atomic E-state index is 0.777. The number of nitrogens with one attached hydrogen (secondary N) is 1. The highest BCUT2D eigenvalue weighted by molar-refractivity contribution is 4.90. The Morgan fingerprint density at radius 1 is 1.24 bits per heavy atom. The molecule has 0 bridgehead atoms. The van der Waals surface area contributed by atoms with Crippen LogP contribution in [-0.2, 0) is 0 Å². The Hall–Kier alpha value is -0.120. The van der Waals surface area contributed by atoms with E-state index in [9.17, 15) is 0 Å². The molecule has 0 amide bonds. The second-order valence-corrected chi connectivity index (χ2v) is 6.28. The molecule has 3 rings (SSSR count). The maximum Gasteiger partial charge on any atom is 0.0224 e. The Kier molecular flexibility index (Phi) is 3.69. The lowest BCUT2D eigenvalue weighted by atomic mass is 10.0. The van der Waals surface area contributed by atoms with Gasteiger partial charge in [0.2, 0.25) is 0 Å². The lowest BCUT2D eigenvalue weighted by molar-refractivity contribution is 0.0560. The van der Waals surface area contributed by atoms with Crippen molar-refractivity contribution in [2.24, 2.45) is 5.92 Å². The summed E-state index contributed by atoms with van der Waals surface area (Å²) in [6, 6.07) is 1.66. The zero-order chi connectivity index (χ0) is 11.7. The molecule has 0 aliphatic carbocycles. The van der Waals surface area contributed by atoms with Gasteiger partial charge in [-0.2, -0.15) is 0 Å². The minimum atomic E-state index is 0.777. The first-order valence-electron chi connectivity index (χ1n) is 7.52. The van der Waals surface area contributed by atoms with Crippen molar-refractivity contribution in [1.29, 1.82) is 0 Å². The normalized spacial score (nSPS) is 39.7. The average molecular weight is 237 g/mol. The number of hydrogen-bond acceptors (Lipinski definition) is 3. The monoisotopic (exact) mass is 237 g/mol. The number of nitrogens with zero attached hydrogens (tertiary/aromatic N) is 2. The highest BCUT2D eigenvalue weighted by atomic mass is 15.3. The SMILES string of the molecule is CC1CN2CCCC2CN1CCC1CCNC1. The van der Waals surface area contributed by atoms with Crippen molar-refractivity contribution in [3.05, 3.63) is 0 Å². The number of rotatable bonds is 3. The highest BCUT2D eigenvalue weighted by Crippen LogP contribution is 2.25. The molecule has 3 aliphatic rings. The third kappa shape index (κ3) is 2.67. The predicted molar refractivity (Wildman–Crippen MR) is 71.2 cm³/mol. The van der Waals surface area contributed by atoms with Crippen LogP contribution in [0.2, 0.25) is 0 Å². The first kappa shape index (κ1) is 11.9. The van der Waals surface area contributed by atoms with E-state index in [4.69, 9.17) is 0 Å². The van der Waals surface area contributed by atoms with Crippen LogP contribution >= 0.6 is 0 Å². The van der Waals surface area contributed by atoms with E-state index in [-0.39, 0.29) is 0 Å². The van der Waals surface area contributed by atoms with E-state index in [1.807, 2.05) is 0 Å². The van der Waals surface area contributed by atoms with Crippen LogP contribution in [0.5, 0.6) is 0 Å². The summed E-state index contributed by atoms with van der Waals surface area (Å²) in [6.07, 6.45) is 5.67. The smallest absolute Gasteiger partial charge is 0.0224 e. The summed E-state index contributed by atoms with van der Waals surface area (Å²) in [4.78, 5) is 5.48. The van der Waals surface area contributed by atoms with E-state index >= 15 is 0 Å². The average Bonchev–Trinajstić information content (AvgIpc) is 2.95. The van der Waals surface area contributed by atoms with Crippen LogP contribution in [0.3, 0.4) is 0 Å². The molecule has 0 radical (unpaired) electrons. The zero-order valence-corrected chi connectivity index (χ0v) is 11.2. The van der Waals surface area contributed by atoms with Crippen LogP contribution < -0.4 is 5.32 Å². The van der Waals surface area contributed by atoms with Gasteiger partial charge in [-0.3, -0.25) is 9.80 Å². The molecule has 3 heterocycles. The zero-order valence-electron chi connectivity index (χ0n) is 11.2. The second kappa shape index (κ2) is 5.25. The van der Waals surface area contributed by atoms with Crippen molar-refractivity contribution in [2.75, 3.05) is 39.3 Å². The Balaban J connectivity index is 1.48. The van der Waals surface area contributed by atoms with Crippen LogP contribution in [0.25, 0.3) is 0 Å². The number of piperazine rings is 1. The molecule has 3 aliphatic heterocycles. The molecule has 0 aromatic carbocycles. The van der Waals surface area contributed by atoms with Gasteiger partial charge in [-0.1, -0.05) is 0 Å². The summed E-state index contributed by atoms with van der Waals surface area (Å²) in [6.45, 7) is 10.3. The topological polar surface area (TPSA) is 18.5 Å². The Labute approximate surface area is 106 Å². The third-order valence-electron chi connectivity index (χ3n) is 5.05. The Morgan fingerprint density at radius 3 is 3.00 bits per heavy atom. The quantitative estimate of drug-likeness (QED) is 0.794. The van der Waals surface area contributed by atoms with E-state index in [2.05, 4.69) is 22.0 Å². The maximum atomic E-state index is 3.48. The van der Waals surface area contributed by atoms with E-state index in [1.165, 1.54) is 65.0 Å². The summed E-state index contributed by atoms with van der Waals surface area (Å²) in [5, 5.41) is 3.48. The predicted octanol–water partition coefficient (Wildman–Crippen LogP) is 1.15. The number of hydrogen-bond donors (Lipinski definition) is 1. The van der Waals surface area contributed by atoms with E-state index in [0.717, 1.165) is 18.0 Å². The fourth-order valence-corrected chi connectivity index (χ4v) is 3.87. The van der Waals surface area contributed by atoms with E-state index in [0.29, 0.717) is 0 Å². The van der Waals surface area contributed by atoms with E-state index < -0.39 is 0 Å². The molecule has 3 unspecified atom stereocenters. The standard InChI is InChI=1S/C14H27N3/c1-12-10-17-7-2-3-14(17)11-16(12)8-5-13-4-6-15-9-13/h12-15H,2-11H2,1H3. The molecule has 0 aromatic rings. The summed E-state index contributed by atoms with van der Waals surface area (Å²) in [5.74, 6) is 0.948. The van der Waals surface area contributed by atoms with Crippen molar-refractivity contribution < 1.29 is 0 Å². The molecule has 0 aromatic heterocycles. The lowest BCUT2D eigenvalue weighted by Gasteiger charge is -2.42. The van der Waals surface area contributed by atoms with Gasteiger partial charge in [-0.05, 0) is 64.7 Å². The Morgan fingerprint density at radius 2 is 2.18 bits per heavy atom. The van der Waals surface area contributed by atoms with Crippen molar-refractivity contribution in [3.8, 4) is 0 Å². The van der Waals surface area contributed by atoms with Gasteiger partial charge in [-0.25, -0.2) is 0 Å². The molecular weight excluding hydrogens is 210 g/mol. The minimum Gasteiger partial charge on any atom is -0.316 e. The van der Waals surface area contributed by atoms with E-state index in [1.54, 1.807) is 0 Å². The van der Waals surface area contributed by atoms with Crippen LogP contribution in [0.1, 0.15) is 32.6 Å². The van der Waals surface area contributed by atoms with Gasteiger partial charge in [0.15, 0.2) is 0 Å². The summed E-state index contributed by atoms with van der Waals surface area (Å²) in [7, 11) is 0. The largest absolute Gasteiger partial charge is 0.316 e. The molecule has 3 atom stereocenters. The summed E-state index contributed by atoms with van der Waals surface area (Å²) >= 11 is 0. The van der Waals surface area contributed by atoms with Crippen LogP contribution in [-0.4, -0.2) is 61.2 Å². The summed E-state index contributed by atoms with van der Waals surface area (Å²) < 4.78 is 0. The number of fused-ring (bicyclic) bond motifs is 1. The maximum absolute atomic E-state index is 3.48. The molecule has 0 spiro atoms. The molecule has 98 valence electrons. The van der Waals surface area contributed by atoms with Crippen molar-refractivity contribution >= 4 is 0 Å². The third-order valence-corrected chi connectivity index (χ3v) is 5.05. The van der Waals surface area contributed by atoms with Crippen LogP contribution in [0, 0.1) is 5.92 Å². The molecule has 3 fully saturated rings. The molecule has 3 saturated heterocycles. The Bertz CT molecular complexity index is 250. The molecule has 17 heavy (non-hydrogen) atoms. The van der Waals surface area contributed by atoms with Gasteiger partial charge >= 0.3 is 0 Å². The van der Waals surface area contributed by atoms with Crippen LogP contribution in [0.15, 0.2) is 0 Å². The van der Waals surface area contributed by atoms with Crippen molar-refractivity contribution in [2.45, 2.75) is 44.7 Å². The lowest BCUT2D eigenvalue weighted by Crippen LogP contribution is -2.55. The molecular formula is C14H27N3. The van der Waals surface area contributed by atoms with Gasteiger partial charge in [0.1, 0.15) is 0 Å². The molecule has 3 heteroatoms. The fourth-order valence-electron chi connectivity index (χ4n) is 3.87. The summed E-state index contributed by atoms with van der Waals surface area (Å²) in [5.41, 5.74) is 0. The first-order valence-corrected chi connectivity index (χ1v) is 7.52. The van der Waals surface area contributed by atoms with Crippen LogP contribution in [0.4, 0.5) is 0 Å². The van der Waals surface area contributed by atoms with Crippen molar-refractivity contribution in [1.82, 2.24) is 15.1 Å². The first-order chi connectivity index (χ1) is 8.33. The fraction of sp³-hybridized carbons (Fsp3) is 1.00. The molecule has 0 saturated carbocycles.